The van der Waals surface area contributed by atoms with Crippen LogP contribution in [0.5, 0.6) is 0 Å². The Labute approximate surface area is 128 Å². The smallest absolute Gasteiger partial charge is 0.207 e. The molecule has 1 saturated heterocycles. The molecule has 1 aliphatic heterocycles. The van der Waals surface area contributed by atoms with Crippen molar-refractivity contribution in [2.24, 2.45) is 0 Å². The van der Waals surface area contributed by atoms with Crippen LogP contribution in [0.3, 0.4) is 0 Å². The molecule has 0 N–H and O–H groups in total. The molecule has 3 nitrogen and oxygen atoms in total. The molecule has 1 fully saturated rings. The molecule has 1 aliphatic rings. The number of benzene rings is 1. The Balaban J connectivity index is 2.37. The van der Waals surface area contributed by atoms with E-state index >= 15 is 0 Å². The first-order chi connectivity index (χ1) is 9.46. The third-order valence-corrected chi connectivity index (χ3v) is 6.15. The van der Waals surface area contributed by atoms with Crippen LogP contribution >= 0.6 is 15.9 Å². The fourth-order valence-corrected chi connectivity index (χ4v) is 4.83. The molecule has 0 bridgehead atoms. The standard InChI is InChI=1S/C14H19BrFNO2S/c1-2-5-12-6-3-4-9-17(12)20(18,19)14-8-7-11(15)10-13(14)16/h7-8,10,12H,2-6,9H2,1H3. The lowest BCUT2D eigenvalue weighted by molar-refractivity contribution is 0.239. The van der Waals surface area contributed by atoms with Gasteiger partial charge in [0.05, 0.1) is 0 Å². The molecule has 0 saturated carbocycles. The Morgan fingerprint density at radius 1 is 1.40 bits per heavy atom. The van der Waals surface area contributed by atoms with E-state index in [9.17, 15) is 12.8 Å². The summed E-state index contributed by atoms with van der Waals surface area (Å²) in [4.78, 5) is -0.219. The predicted molar refractivity (Wildman–Crippen MR) is 80.5 cm³/mol. The highest BCUT2D eigenvalue weighted by atomic mass is 79.9. The Morgan fingerprint density at radius 3 is 2.80 bits per heavy atom. The van der Waals surface area contributed by atoms with Crippen LogP contribution in [0.25, 0.3) is 0 Å². The van der Waals surface area contributed by atoms with Gasteiger partial charge in [0, 0.05) is 17.1 Å². The minimum Gasteiger partial charge on any atom is -0.207 e. The van der Waals surface area contributed by atoms with Crippen LogP contribution in [0.2, 0.25) is 0 Å². The summed E-state index contributed by atoms with van der Waals surface area (Å²) in [7, 11) is -3.74. The lowest BCUT2D eigenvalue weighted by Crippen LogP contribution is -2.43. The van der Waals surface area contributed by atoms with E-state index in [-0.39, 0.29) is 10.9 Å². The largest absolute Gasteiger partial charge is 0.246 e. The maximum Gasteiger partial charge on any atom is 0.246 e. The van der Waals surface area contributed by atoms with Crippen molar-refractivity contribution < 1.29 is 12.8 Å². The molecule has 6 heteroatoms. The molecule has 0 radical (unpaired) electrons. The average molecular weight is 364 g/mol. The number of hydrogen-bond donors (Lipinski definition) is 0. The van der Waals surface area contributed by atoms with Crippen LogP contribution in [0.15, 0.2) is 27.6 Å². The van der Waals surface area contributed by atoms with E-state index in [0.29, 0.717) is 11.0 Å². The number of rotatable bonds is 4. The van der Waals surface area contributed by atoms with E-state index in [1.165, 1.54) is 16.4 Å². The van der Waals surface area contributed by atoms with Crippen molar-refractivity contribution in [1.29, 1.82) is 0 Å². The van der Waals surface area contributed by atoms with Crippen molar-refractivity contribution in [2.75, 3.05) is 6.54 Å². The average Bonchev–Trinajstić information content (AvgIpc) is 2.39. The molecule has 112 valence electrons. The molecular formula is C14H19BrFNO2S. The van der Waals surface area contributed by atoms with E-state index < -0.39 is 15.8 Å². The van der Waals surface area contributed by atoms with E-state index in [1.54, 1.807) is 6.07 Å². The number of sulfonamides is 1. The van der Waals surface area contributed by atoms with Crippen LogP contribution in [0.1, 0.15) is 39.0 Å². The van der Waals surface area contributed by atoms with E-state index in [0.717, 1.165) is 32.1 Å². The van der Waals surface area contributed by atoms with Crippen molar-refractivity contribution in [2.45, 2.75) is 50.0 Å². The molecule has 1 atom stereocenters. The lowest BCUT2D eigenvalue weighted by atomic mass is 10.0. The van der Waals surface area contributed by atoms with Gasteiger partial charge in [0.25, 0.3) is 0 Å². The highest BCUT2D eigenvalue weighted by Crippen LogP contribution is 2.29. The summed E-state index contributed by atoms with van der Waals surface area (Å²) in [6, 6.07) is 4.11. The van der Waals surface area contributed by atoms with Crippen molar-refractivity contribution in [3.8, 4) is 0 Å². The molecule has 0 aliphatic carbocycles. The van der Waals surface area contributed by atoms with Gasteiger partial charge in [0.2, 0.25) is 10.0 Å². The van der Waals surface area contributed by atoms with Crippen molar-refractivity contribution in [1.82, 2.24) is 4.31 Å². The quantitative estimate of drug-likeness (QED) is 0.812. The molecule has 0 spiro atoms. The second-order valence-electron chi connectivity index (χ2n) is 5.13. The van der Waals surface area contributed by atoms with Crippen LogP contribution < -0.4 is 0 Å². The van der Waals surface area contributed by atoms with E-state index in [1.807, 2.05) is 6.92 Å². The van der Waals surface area contributed by atoms with Gasteiger partial charge < -0.3 is 0 Å². The van der Waals surface area contributed by atoms with Crippen LogP contribution in [-0.4, -0.2) is 25.3 Å². The van der Waals surface area contributed by atoms with Gasteiger partial charge in [-0.15, -0.1) is 0 Å². The Bertz CT molecular complexity index is 575. The third kappa shape index (κ3) is 3.23. The number of halogens is 2. The zero-order chi connectivity index (χ0) is 14.8. The minimum atomic E-state index is -3.74. The molecular weight excluding hydrogens is 345 g/mol. The summed E-state index contributed by atoms with van der Waals surface area (Å²) >= 11 is 3.15. The summed E-state index contributed by atoms with van der Waals surface area (Å²) in [5, 5.41) is 0. The Kier molecular flexibility index (Phi) is 5.20. The van der Waals surface area contributed by atoms with Crippen LogP contribution in [-0.2, 0) is 10.0 Å². The fraction of sp³-hybridized carbons (Fsp3) is 0.571. The van der Waals surface area contributed by atoms with Gasteiger partial charge in [-0.3, -0.25) is 0 Å². The molecule has 1 unspecified atom stereocenters. The molecule has 1 aromatic rings. The normalized spacial score (nSPS) is 21.1. The summed E-state index contributed by atoms with van der Waals surface area (Å²) in [6.07, 6.45) is 4.51. The summed E-state index contributed by atoms with van der Waals surface area (Å²) in [5.41, 5.74) is 0. The highest BCUT2D eigenvalue weighted by Gasteiger charge is 2.34. The first kappa shape index (κ1) is 15.9. The highest BCUT2D eigenvalue weighted by molar-refractivity contribution is 9.10. The summed E-state index contributed by atoms with van der Waals surface area (Å²) in [6.45, 7) is 2.53. The zero-order valence-corrected chi connectivity index (χ0v) is 13.9. The monoisotopic (exact) mass is 363 g/mol. The van der Waals surface area contributed by atoms with Gasteiger partial charge in [-0.2, -0.15) is 4.31 Å². The van der Waals surface area contributed by atoms with Gasteiger partial charge in [0.1, 0.15) is 10.7 Å². The van der Waals surface area contributed by atoms with E-state index in [2.05, 4.69) is 15.9 Å². The van der Waals surface area contributed by atoms with Gasteiger partial charge >= 0.3 is 0 Å². The second kappa shape index (κ2) is 6.54. The first-order valence-electron chi connectivity index (χ1n) is 6.93. The van der Waals surface area contributed by atoms with E-state index in [4.69, 9.17) is 0 Å². The fourth-order valence-electron chi connectivity index (χ4n) is 2.72. The zero-order valence-electron chi connectivity index (χ0n) is 11.5. The Morgan fingerprint density at radius 2 is 2.15 bits per heavy atom. The van der Waals surface area contributed by atoms with Gasteiger partial charge in [-0.25, -0.2) is 12.8 Å². The maximum absolute atomic E-state index is 14.0. The van der Waals surface area contributed by atoms with Crippen molar-refractivity contribution in [3.05, 3.63) is 28.5 Å². The van der Waals surface area contributed by atoms with Gasteiger partial charge in [0.15, 0.2) is 0 Å². The van der Waals surface area contributed by atoms with Gasteiger partial charge in [-0.1, -0.05) is 35.7 Å². The summed E-state index contributed by atoms with van der Waals surface area (Å²) in [5.74, 6) is -0.694. The lowest BCUT2D eigenvalue weighted by Gasteiger charge is -2.34. The second-order valence-corrected chi connectivity index (χ2v) is 7.90. The number of hydrogen-bond acceptors (Lipinski definition) is 2. The number of nitrogens with zero attached hydrogens (tertiary/aromatic N) is 1. The van der Waals surface area contributed by atoms with Crippen LogP contribution in [0.4, 0.5) is 4.39 Å². The number of piperidine rings is 1. The molecule has 20 heavy (non-hydrogen) atoms. The first-order valence-corrected chi connectivity index (χ1v) is 9.17. The topological polar surface area (TPSA) is 37.4 Å². The van der Waals surface area contributed by atoms with Crippen LogP contribution in [0, 0.1) is 5.82 Å². The molecule has 1 aromatic carbocycles. The predicted octanol–water partition coefficient (Wildman–Crippen LogP) is 3.93. The molecule has 0 aromatic heterocycles. The minimum absolute atomic E-state index is 0.00166. The molecule has 0 amide bonds. The maximum atomic E-state index is 14.0. The SMILES string of the molecule is CCCC1CCCCN1S(=O)(=O)c1ccc(Br)cc1F. The summed E-state index contributed by atoms with van der Waals surface area (Å²) < 4.78 is 41.4. The Hall–Kier alpha value is -0.460. The van der Waals surface area contributed by atoms with Gasteiger partial charge in [-0.05, 0) is 37.5 Å². The van der Waals surface area contributed by atoms with Crippen molar-refractivity contribution >= 4 is 26.0 Å². The molecule has 2 rings (SSSR count). The van der Waals surface area contributed by atoms with Crippen molar-refractivity contribution in [3.63, 3.8) is 0 Å². The third-order valence-electron chi connectivity index (χ3n) is 3.68. The molecule has 1 heterocycles.